The van der Waals surface area contributed by atoms with Crippen LogP contribution in [0.25, 0.3) is 0 Å². The van der Waals surface area contributed by atoms with E-state index in [1.54, 1.807) is 19.1 Å². The Kier molecular flexibility index (Phi) is 12.7. The van der Waals surface area contributed by atoms with Crippen LogP contribution in [0, 0.1) is 12.7 Å². The molecule has 0 spiro atoms. The maximum atomic E-state index is 13.0. The average molecular weight is 578 g/mol. The van der Waals surface area contributed by atoms with Gasteiger partial charge in [-0.05, 0) is 52.4 Å². The molecule has 0 radical (unpaired) electrons. The molecule has 1 aromatic carbocycles. The van der Waals surface area contributed by atoms with Crippen LogP contribution in [0.5, 0.6) is 0 Å². The quantitative estimate of drug-likeness (QED) is 0.192. The highest BCUT2D eigenvalue weighted by atomic mass is 127. The first-order chi connectivity index (χ1) is 14.8. The van der Waals surface area contributed by atoms with E-state index in [2.05, 4.69) is 25.5 Å². The lowest BCUT2D eigenvalue weighted by Crippen LogP contribution is -2.39. The largest absolute Gasteiger partial charge is 0.462 e. The molecule has 0 fully saturated rings. The minimum absolute atomic E-state index is 0. The van der Waals surface area contributed by atoms with Crippen LogP contribution >= 0.6 is 35.3 Å². The van der Waals surface area contributed by atoms with Gasteiger partial charge in [-0.3, -0.25) is 4.99 Å². The number of nitrogens with zero attached hydrogens (tertiary/aromatic N) is 3. The second kappa shape index (κ2) is 14.4. The number of aryl methyl sites for hydroxylation is 1. The van der Waals surface area contributed by atoms with E-state index >= 15 is 0 Å². The van der Waals surface area contributed by atoms with Gasteiger partial charge in [0.1, 0.15) is 15.7 Å². The number of hydrogen-bond acceptors (Lipinski definition) is 6. The van der Waals surface area contributed by atoms with E-state index in [1.165, 1.54) is 23.5 Å². The number of likely N-dealkylation sites (N-methyl/N-ethyl adjacent to an activating group) is 1. The Balaban J connectivity index is 0.00000512. The summed E-state index contributed by atoms with van der Waals surface area (Å²) in [5.74, 6) is 0.132. The summed E-state index contributed by atoms with van der Waals surface area (Å²) in [6, 6.07) is 6.43. The second-order valence-electron chi connectivity index (χ2n) is 7.18. The summed E-state index contributed by atoms with van der Waals surface area (Å²) in [5.41, 5.74) is 1.74. The highest BCUT2D eigenvalue weighted by Crippen LogP contribution is 2.24. The van der Waals surface area contributed by atoms with Gasteiger partial charge in [-0.15, -0.1) is 35.3 Å². The van der Waals surface area contributed by atoms with Gasteiger partial charge >= 0.3 is 5.97 Å². The number of carbonyl (C=O) groups is 1. The molecule has 7 nitrogen and oxygen atoms in total. The van der Waals surface area contributed by atoms with Crippen LogP contribution in [0.1, 0.15) is 52.7 Å². The standard InChI is InChI=1S/C22H32FN5O2S.HI/c1-6-24-22(25-12-13-28(5)14-17-8-10-18(23)11-9-17)27-16(4)20-26-15(3)19(31-20)21(29)30-7-2;/h8-11,16H,6-7,12-14H2,1-5H3,(H2,24,25,27);1H. The maximum Gasteiger partial charge on any atom is 0.350 e. The predicted molar refractivity (Wildman–Crippen MR) is 138 cm³/mol. The third-order valence-electron chi connectivity index (χ3n) is 4.46. The van der Waals surface area contributed by atoms with Gasteiger partial charge in [-0.1, -0.05) is 12.1 Å². The number of rotatable bonds is 10. The molecule has 0 aliphatic heterocycles. The smallest absolute Gasteiger partial charge is 0.350 e. The van der Waals surface area contributed by atoms with Crippen molar-refractivity contribution in [3.05, 3.63) is 51.2 Å². The molecule has 10 heteroatoms. The number of carbonyl (C=O) groups excluding carboxylic acids is 1. The van der Waals surface area contributed by atoms with Gasteiger partial charge in [0.25, 0.3) is 0 Å². The summed E-state index contributed by atoms with van der Waals surface area (Å²) in [6.07, 6.45) is 0. The van der Waals surface area contributed by atoms with Crippen molar-refractivity contribution in [1.29, 1.82) is 0 Å². The van der Waals surface area contributed by atoms with Gasteiger partial charge in [0, 0.05) is 19.6 Å². The summed E-state index contributed by atoms with van der Waals surface area (Å²) < 4.78 is 18.1. The van der Waals surface area contributed by atoms with E-state index in [0.717, 1.165) is 30.2 Å². The van der Waals surface area contributed by atoms with Gasteiger partial charge in [-0.2, -0.15) is 0 Å². The normalized spacial score (nSPS) is 12.3. The molecule has 0 bridgehead atoms. The fourth-order valence-electron chi connectivity index (χ4n) is 2.89. The van der Waals surface area contributed by atoms with E-state index in [4.69, 9.17) is 4.74 Å². The fraction of sp³-hybridized carbons (Fsp3) is 0.500. The number of benzene rings is 1. The SMILES string of the molecule is CCNC(=NCCN(C)Cc1ccc(F)cc1)NC(C)c1nc(C)c(C(=O)OCC)s1.I. The molecule has 1 aromatic heterocycles. The summed E-state index contributed by atoms with van der Waals surface area (Å²) >= 11 is 1.34. The molecule has 1 unspecified atom stereocenters. The Morgan fingerprint density at radius 1 is 1.31 bits per heavy atom. The first-order valence-electron chi connectivity index (χ1n) is 10.5. The molecule has 0 aliphatic rings. The van der Waals surface area contributed by atoms with Crippen molar-refractivity contribution in [3.63, 3.8) is 0 Å². The number of aromatic nitrogens is 1. The van der Waals surface area contributed by atoms with Crippen LogP contribution in [0.2, 0.25) is 0 Å². The zero-order chi connectivity index (χ0) is 22.8. The Hall–Kier alpha value is -1.79. The lowest BCUT2D eigenvalue weighted by Gasteiger charge is -2.18. The zero-order valence-electron chi connectivity index (χ0n) is 19.3. The molecule has 1 heterocycles. The van der Waals surface area contributed by atoms with E-state index in [-0.39, 0.29) is 41.8 Å². The van der Waals surface area contributed by atoms with Crippen molar-refractivity contribution in [2.24, 2.45) is 4.99 Å². The molecule has 0 saturated carbocycles. The molecule has 2 aromatic rings. The minimum atomic E-state index is -0.333. The minimum Gasteiger partial charge on any atom is -0.462 e. The maximum absolute atomic E-state index is 13.0. The third kappa shape index (κ3) is 8.99. The summed E-state index contributed by atoms with van der Waals surface area (Å²) in [5, 5.41) is 7.40. The van der Waals surface area contributed by atoms with Crippen molar-refractivity contribution >= 4 is 47.2 Å². The van der Waals surface area contributed by atoms with Gasteiger partial charge in [-0.25, -0.2) is 14.2 Å². The molecule has 32 heavy (non-hydrogen) atoms. The van der Waals surface area contributed by atoms with Crippen molar-refractivity contribution in [3.8, 4) is 0 Å². The molecule has 178 valence electrons. The Labute approximate surface area is 210 Å². The number of aliphatic imine (C=N–C) groups is 1. The van der Waals surface area contributed by atoms with Crippen molar-refractivity contribution in [2.75, 3.05) is 33.3 Å². The Morgan fingerprint density at radius 3 is 2.62 bits per heavy atom. The van der Waals surface area contributed by atoms with Crippen LogP contribution < -0.4 is 10.6 Å². The zero-order valence-corrected chi connectivity index (χ0v) is 22.4. The predicted octanol–water partition coefficient (Wildman–Crippen LogP) is 4.13. The molecule has 0 aliphatic carbocycles. The Bertz CT molecular complexity index is 876. The highest BCUT2D eigenvalue weighted by molar-refractivity contribution is 14.0. The van der Waals surface area contributed by atoms with Crippen LogP contribution in [-0.4, -0.2) is 55.1 Å². The molecular weight excluding hydrogens is 544 g/mol. The molecule has 2 rings (SSSR count). The van der Waals surface area contributed by atoms with E-state index in [9.17, 15) is 9.18 Å². The fourth-order valence-corrected chi connectivity index (χ4v) is 3.85. The van der Waals surface area contributed by atoms with Crippen LogP contribution in [0.4, 0.5) is 4.39 Å². The Morgan fingerprint density at radius 2 is 2.00 bits per heavy atom. The summed E-state index contributed by atoms with van der Waals surface area (Å²) in [6.45, 7) is 10.8. The van der Waals surface area contributed by atoms with Gasteiger partial charge in [0.15, 0.2) is 5.96 Å². The number of ether oxygens (including phenoxy) is 1. The lowest BCUT2D eigenvalue weighted by atomic mass is 10.2. The number of nitrogens with one attached hydrogen (secondary N) is 2. The second-order valence-corrected chi connectivity index (χ2v) is 8.21. The van der Waals surface area contributed by atoms with Gasteiger partial charge in [0.2, 0.25) is 0 Å². The van der Waals surface area contributed by atoms with Gasteiger partial charge < -0.3 is 20.3 Å². The number of hydrogen-bond donors (Lipinski definition) is 2. The summed E-state index contributed by atoms with van der Waals surface area (Å²) in [7, 11) is 2.01. The molecular formula is C22H33FIN5O2S. The highest BCUT2D eigenvalue weighted by Gasteiger charge is 2.20. The molecule has 0 saturated heterocycles. The number of halogens is 2. The first-order valence-corrected chi connectivity index (χ1v) is 11.3. The van der Waals surface area contributed by atoms with E-state index < -0.39 is 0 Å². The van der Waals surface area contributed by atoms with Crippen LogP contribution in [0.15, 0.2) is 29.3 Å². The topological polar surface area (TPSA) is 78.9 Å². The first kappa shape index (κ1) is 28.2. The van der Waals surface area contributed by atoms with Crippen LogP contribution in [0.3, 0.4) is 0 Å². The van der Waals surface area contributed by atoms with Crippen molar-refractivity contribution < 1.29 is 13.9 Å². The molecule has 2 N–H and O–H groups in total. The van der Waals surface area contributed by atoms with E-state index in [1.807, 2.05) is 27.8 Å². The lowest BCUT2D eigenvalue weighted by molar-refractivity contribution is 0.0531. The molecule has 1 atom stereocenters. The average Bonchev–Trinajstić information content (AvgIpc) is 3.12. The van der Waals surface area contributed by atoms with Gasteiger partial charge in [0.05, 0.1) is 24.9 Å². The van der Waals surface area contributed by atoms with Crippen LogP contribution in [-0.2, 0) is 11.3 Å². The van der Waals surface area contributed by atoms with Crippen molar-refractivity contribution in [1.82, 2.24) is 20.5 Å². The number of esters is 1. The number of thiazole rings is 1. The monoisotopic (exact) mass is 577 g/mol. The summed E-state index contributed by atoms with van der Waals surface area (Å²) in [4.78, 5) is 23.9. The molecule has 0 amide bonds. The third-order valence-corrected chi connectivity index (χ3v) is 5.78. The van der Waals surface area contributed by atoms with Crippen molar-refractivity contribution in [2.45, 2.75) is 40.3 Å². The number of guanidine groups is 1. The van der Waals surface area contributed by atoms with E-state index in [0.29, 0.717) is 29.7 Å².